The smallest absolute Gasteiger partial charge is 0.410 e. The van der Waals surface area contributed by atoms with Crippen LogP contribution in [0.2, 0.25) is 0 Å². The molecule has 1 aliphatic heterocycles. The van der Waals surface area contributed by atoms with Gasteiger partial charge in [0.1, 0.15) is 5.60 Å². The molecule has 1 heterocycles. The molecule has 88 valence electrons. The lowest BCUT2D eigenvalue weighted by Gasteiger charge is -2.46. The van der Waals surface area contributed by atoms with E-state index in [4.69, 9.17) is 15.2 Å². The molecule has 5 heteroatoms. The third-order valence-electron chi connectivity index (χ3n) is 2.09. The van der Waals surface area contributed by atoms with Crippen LogP contribution in [-0.2, 0) is 9.47 Å². The molecule has 1 fully saturated rings. The second-order valence-electron chi connectivity index (χ2n) is 5.13. The van der Waals surface area contributed by atoms with Gasteiger partial charge in [0.15, 0.2) is 0 Å². The predicted octanol–water partition coefficient (Wildman–Crippen LogP) is 0.581. The maximum atomic E-state index is 11.5. The van der Waals surface area contributed by atoms with Gasteiger partial charge in [0.2, 0.25) is 0 Å². The Morgan fingerprint density at radius 2 is 2.00 bits per heavy atom. The van der Waals surface area contributed by atoms with Gasteiger partial charge in [-0.15, -0.1) is 0 Å². The normalized spacial score (nSPS) is 19.7. The number of carbonyl (C=O) groups excluding carboxylic acids is 1. The van der Waals surface area contributed by atoms with Crippen LogP contribution in [0.25, 0.3) is 0 Å². The fraction of sp³-hybridized carbons (Fsp3) is 0.900. The average Bonchev–Trinajstić information content (AvgIpc) is 1.96. The molecule has 0 aliphatic carbocycles. The maximum Gasteiger partial charge on any atom is 0.410 e. The van der Waals surface area contributed by atoms with E-state index in [1.807, 2.05) is 20.8 Å². The number of nitrogens with zero attached hydrogens (tertiary/aromatic N) is 1. The Morgan fingerprint density at radius 3 is 2.40 bits per heavy atom. The van der Waals surface area contributed by atoms with Gasteiger partial charge in [-0.3, -0.25) is 0 Å². The molecule has 5 nitrogen and oxygen atoms in total. The Kier molecular flexibility index (Phi) is 3.25. The molecular formula is C10H20N2O3. The Bertz CT molecular complexity index is 242. The number of methoxy groups -OCH3 is 1. The van der Waals surface area contributed by atoms with Crippen LogP contribution < -0.4 is 5.73 Å². The van der Waals surface area contributed by atoms with Crippen molar-refractivity contribution < 1.29 is 14.3 Å². The maximum absolute atomic E-state index is 11.5. The number of rotatable bonds is 2. The number of carbonyl (C=O) groups is 1. The third kappa shape index (κ3) is 3.35. The van der Waals surface area contributed by atoms with Gasteiger partial charge in [-0.1, -0.05) is 0 Å². The van der Waals surface area contributed by atoms with Gasteiger partial charge < -0.3 is 20.1 Å². The van der Waals surface area contributed by atoms with Crippen molar-refractivity contribution in [3.05, 3.63) is 0 Å². The van der Waals surface area contributed by atoms with Crippen LogP contribution in [-0.4, -0.2) is 48.9 Å². The summed E-state index contributed by atoms with van der Waals surface area (Å²) in [6, 6.07) is 0. The van der Waals surface area contributed by atoms with Crippen molar-refractivity contribution in [3.8, 4) is 0 Å². The van der Waals surface area contributed by atoms with E-state index in [-0.39, 0.29) is 6.09 Å². The predicted molar refractivity (Wildman–Crippen MR) is 56.6 cm³/mol. The lowest BCUT2D eigenvalue weighted by molar-refractivity contribution is -0.0253. The molecule has 1 saturated heterocycles. The van der Waals surface area contributed by atoms with E-state index in [2.05, 4.69) is 0 Å². The second-order valence-corrected chi connectivity index (χ2v) is 5.13. The van der Waals surface area contributed by atoms with Crippen LogP contribution in [0.1, 0.15) is 20.8 Å². The summed E-state index contributed by atoms with van der Waals surface area (Å²) in [5.41, 5.74) is 5.08. The largest absolute Gasteiger partial charge is 0.444 e. The molecule has 0 aromatic rings. The standard InChI is InChI=1S/C10H20N2O3/c1-9(2,3)15-8(13)12-5-10(11,6-12)7-14-4/h5-7,11H2,1-4H3. The summed E-state index contributed by atoms with van der Waals surface area (Å²) >= 11 is 0. The van der Waals surface area contributed by atoms with Crippen molar-refractivity contribution in [1.29, 1.82) is 0 Å². The van der Waals surface area contributed by atoms with Gasteiger partial charge in [0.05, 0.1) is 12.1 Å². The van der Waals surface area contributed by atoms with Crippen molar-refractivity contribution in [2.75, 3.05) is 26.8 Å². The topological polar surface area (TPSA) is 64.8 Å². The molecule has 0 atom stereocenters. The van der Waals surface area contributed by atoms with Crippen molar-refractivity contribution >= 4 is 6.09 Å². The minimum absolute atomic E-state index is 0.306. The first-order valence-corrected chi connectivity index (χ1v) is 5.01. The molecular weight excluding hydrogens is 196 g/mol. The first-order valence-electron chi connectivity index (χ1n) is 5.01. The minimum Gasteiger partial charge on any atom is -0.444 e. The zero-order valence-electron chi connectivity index (χ0n) is 9.87. The zero-order chi connectivity index (χ0) is 11.7. The van der Waals surface area contributed by atoms with Crippen LogP contribution in [0.4, 0.5) is 4.79 Å². The van der Waals surface area contributed by atoms with Gasteiger partial charge >= 0.3 is 6.09 Å². The summed E-state index contributed by atoms with van der Waals surface area (Å²) in [5, 5.41) is 0. The number of ether oxygens (including phenoxy) is 2. The number of hydrogen-bond donors (Lipinski definition) is 1. The fourth-order valence-corrected chi connectivity index (χ4v) is 1.55. The summed E-state index contributed by atoms with van der Waals surface area (Å²) < 4.78 is 10.2. The summed E-state index contributed by atoms with van der Waals surface area (Å²) in [6.07, 6.45) is -0.306. The highest BCUT2D eigenvalue weighted by Gasteiger charge is 2.43. The van der Waals surface area contributed by atoms with Gasteiger partial charge in [-0.25, -0.2) is 4.79 Å². The number of nitrogens with two attached hydrogens (primary N) is 1. The summed E-state index contributed by atoms with van der Waals surface area (Å²) in [7, 11) is 1.60. The summed E-state index contributed by atoms with van der Waals surface area (Å²) in [4.78, 5) is 13.1. The number of likely N-dealkylation sites (tertiary alicyclic amines) is 1. The molecule has 0 saturated carbocycles. The molecule has 1 aliphatic rings. The highest BCUT2D eigenvalue weighted by Crippen LogP contribution is 2.21. The van der Waals surface area contributed by atoms with Gasteiger partial charge in [-0.2, -0.15) is 0 Å². The van der Waals surface area contributed by atoms with E-state index in [1.165, 1.54) is 0 Å². The van der Waals surface area contributed by atoms with Crippen LogP contribution in [0.3, 0.4) is 0 Å². The highest BCUT2D eigenvalue weighted by molar-refractivity contribution is 5.69. The molecule has 0 aromatic heterocycles. The van der Waals surface area contributed by atoms with Crippen molar-refractivity contribution in [3.63, 3.8) is 0 Å². The SMILES string of the molecule is COCC1(N)CN(C(=O)OC(C)(C)C)C1. The van der Waals surface area contributed by atoms with E-state index >= 15 is 0 Å². The Hall–Kier alpha value is -0.810. The Balaban J connectivity index is 2.35. The van der Waals surface area contributed by atoms with Gasteiger partial charge in [0, 0.05) is 20.2 Å². The monoisotopic (exact) mass is 216 g/mol. The van der Waals surface area contributed by atoms with Crippen molar-refractivity contribution in [1.82, 2.24) is 4.90 Å². The van der Waals surface area contributed by atoms with Crippen LogP contribution in [0.15, 0.2) is 0 Å². The van der Waals surface area contributed by atoms with E-state index in [1.54, 1.807) is 12.0 Å². The Morgan fingerprint density at radius 1 is 1.47 bits per heavy atom. The van der Waals surface area contributed by atoms with Crippen LogP contribution in [0, 0.1) is 0 Å². The molecule has 1 amide bonds. The van der Waals surface area contributed by atoms with E-state index in [0.717, 1.165) is 0 Å². The van der Waals surface area contributed by atoms with Crippen LogP contribution in [0.5, 0.6) is 0 Å². The first-order chi connectivity index (χ1) is 6.76. The second kappa shape index (κ2) is 3.98. The summed E-state index contributed by atoms with van der Waals surface area (Å²) in [5.74, 6) is 0. The average molecular weight is 216 g/mol. The van der Waals surface area contributed by atoms with Gasteiger partial charge in [0.25, 0.3) is 0 Å². The molecule has 0 aromatic carbocycles. The van der Waals surface area contributed by atoms with Crippen molar-refractivity contribution in [2.45, 2.75) is 31.9 Å². The molecule has 0 spiro atoms. The lowest BCUT2D eigenvalue weighted by Crippen LogP contribution is -2.71. The molecule has 15 heavy (non-hydrogen) atoms. The molecule has 0 bridgehead atoms. The lowest BCUT2D eigenvalue weighted by atomic mass is 9.93. The van der Waals surface area contributed by atoms with E-state index in [9.17, 15) is 4.79 Å². The van der Waals surface area contributed by atoms with E-state index in [0.29, 0.717) is 19.7 Å². The first kappa shape index (κ1) is 12.3. The van der Waals surface area contributed by atoms with Crippen LogP contribution >= 0.6 is 0 Å². The third-order valence-corrected chi connectivity index (χ3v) is 2.09. The highest BCUT2D eigenvalue weighted by atomic mass is 16.6. The van der Waals surface area contributed by atoms with E-state index < -0.39 is 11.1 Å². The molecule has 0 radical (unpaired) electrons. The van der Waals surface area contributed by atoms with Gasteiger partial charge in [-0.05, 0) is 20.8 Å². The molecule has 0 unspecified atom stereocenters. The zero-order valence-corrected chi connectivity index (χ0v) is 9.87. The minimum atomic E-state index is -0.453. The quantitative estimate of drug-likeness (QED) is 0.733. The summed E-state index contributed by atoms with van der Waals surface area (Å²) in [6.45, 7) is 6.98. The molecule has 2 N–H and O–H groups in total. The molecule has 1 rings (SSSR count). The number of hydrogen-bond acceptors (Lipinski definition) is 4. The Labute approximate surface area is 90.5 Å². The van der Waals surface area contributed by atoms with Crippen molar-refractivity contribution in [2.24, 2.45) is 5.73 Å². The number of amides is 1. The fourth-order valence-electron chi connectivity index (χ4n) is 1.55.